The second-order valence-corrected chi connectivity index (χ2v) is 6.09. The van der Waals surface area contributed by atoms with E-state index in [0.29, 0.717) is 30.9 Å². The molecule has 2 amide bonds. The van der Waals surface area contributed by atoms with Crippen molar-refractivity contribution in [1.82, 2.24) is 4.90 Å². The molecular weight excluding hydrogens is 304 g/mol. The summed E-state index contributed by atoms with van der Waals surface area (Å²) in [6, 6.07) is 16.3. The van der Waals surface area contributed by atoms with E-state index in [9.17, 15) is 9.59 Å². The number of benzene rings is 2. The highest BCUT2D eigenvalue weighted by atomic mass is 16.5. The molecule has 24 heavy (non-hydrogen) atoms. The van der Waals surface area contributed by atoms with E-state index in [-0.39, 0.29) is 5.91 Å². The van der Waals surface area contributed by atoms with Gasteiger partial charge in [-0.25, -0.2) is 0 Å². The molecule has 2 N–H and O–H groups in total. The van der Waals surface area contributed by atoms with E-state index < -0.39 is 11.4 Å². The summed E-state index contributed by atoms with van der Waals surface area (Å²) in [5.74, 6) is -0.588. The first-order valence-corrected chi connectivity index (χ1v) is 7.87. The number of hydrogen-bond donors (Lipinski definition) is 1. The van der Waals surface area contributed by atoms with Crippen LogP contribution in [-0.4, -0.2) is 36.5 Å². The molecule has 1 fully saturated rings. The lowest BCUT2D eigenvalue weighted by atomic mass is 9.89. The summed E-state index contributed by atoms with van der Waals surface area (Å²) < 4.78 is 5.65. The zero-order chi connectivity index (χ0) is 17.2. The van der Waals surface area contributed by atoms with E-state index in [4.69, 9.17) is 10.5 Å². The van der Waals surface area contributed by atoms with Crippen LogP contribution in [0.5, 0.6) is 0 Å². The minimum Gasteiger partial charge on any atom is -0.377 e. The van der Waals surface area contributed by atoms with Crippen LogP contribution in [0, 0.1) is 0 Å². The summed E-state index contributed by atoms with van der Waals surface area (Å²) >= 11 is 0. The van der Waals surface area contributed by atoms with Crippen molar-refractivity contribution in [2.75, 3.05) is 19.8 Å². The van der Waals surface area contributed by atoms with Gasteiger partial charge in [0.1, 0.15) is 0 Å². The Bertz CT molecular complexity index is 743. The number of morpholine rings is 1. The summed E-state index contributed by atoms with van der Waals surface area (Å²) in [7, 11) is 0. The maximum absolute atomic E-state index is 13.0. The molecule has 0 saturated carbocycles. The van der Waals surface area contributed by atoms with Crippen LogP contribution >= 0.6 is 0 Å². The number of nitrogens with zero attached hydrogens (tertiary/aromatic N) is 1. The Morgan fingerprint density at radius 1 is 1.04 bits per heavy atom. The Balaban J connectivity index is 1.93. The van der Waals surface area contributed by atoms with Crippen LogP contribution < -0.4 is 5.73 Å². The molecule has 5 heteroatoms. The molecule has 3 rings (SSSR count). The van der Waals surface area contributed by atoms with Crippen LogP contribution in [-0.2, 0) is 10.3 Å². The molecule has 0 radical (unpaired) electrons. The summed E-state index contributed by atoms with van der Waals surface area (Å²) in [5.41, 5.74) is 6.68. The first-order chi connectivity index (χ1) is 11.5. The molecule has 1 aliphatic heterocycles. The van der Waals surface area contributed by atoms with Gasteiger partial charge in [-0.3, -0.25) is 9.59 Å². The SMILES string of the molecule is C[C@]1(c2ccccc2)COCCN1C(=O)c1ccc(C(N)=O)cc1. The quantitative estimate of drug-likeness (QED) is 0.940. The maximum atomic E-state index is 13.0. The van der Waals surface area contributed by atoms with Crippen molar-refractivity contribution in [3.8, 4) is 0 Å². The van der Waals surface area contributed by atoms with Gasteiger partial charge in [-0.15, -0.1) is 0 Å². The van der Waals surface area contributed by atoms with Crippen LogP contribution in [0.15, 0.2) is 54.6 Å². The molecule has 0 aliphatic carbocycles. The van der Waals surface area contributed by atoms with Crippen LogP contribution in [0.25, 0.3) is 0 Å². The highest BCUT2D eigenvalue weighted by molar-refractivity contribution is 5.97. The minimum absolute atomic E-state index is 0.0827. The number of rotatable bonds is 3. The molecular formula is C19H20N2O3. The number of carbonyl (C=O) groups is 2. The zero-order valence-electron chi connectivity index (χ0n) is 13.6. The third kappa shape index (κ3) is 2.90. The summed E-state index contributed by atoms with van der Waals surface area (Å²) in [5, 5.41) is 0. The number of amides is 2. The predicted molar refractivity (Wildman–Crippen MR) is 90.6 cm³/mol. The molecule has 5 nitrogen and oxygen atoms in total. The molecule has 1 heterocycles. The third-order valence-corrected chi connectivity index (χ3v) is 4.50. The molecule has 0 bridgehead atoms. The van der Waals surface area contributed by atoms with Gasteiger partial charge in [-0.05, 0) is 36.8 Å². The van der Waals surface area contributed by atoms with Gasteiger partial charge in [-0.1, -0.05) is 30.3 Å². The van der Waals surface area contributed by atoms with Gasteiger partial charge >= 0.3 is 0 Å². The number of ether oxygens (including phenoxy) is 1. The van der Waals surface area contributed by atoms with E-state index in [1.165, 1.54) is 0 Å². The van der Waals surface area contributed by atoms with Crippen LogP contribution in [0.4, 0.5) is 0 Å². The van der Waals surface area contributed by atoms with Crippen molar-refractivity contribution >= 4 is 11.8 Å². The highest BCUT2D eigenvalue weighted by Gasteiger charge is 2.40. The Labute approximate surface area is 141 Å². The Hall–Kier alpha value is -2.66. The van der Waals surface area contributed by atoms with Crippen LogP contribution in [0.1, 0.15) is 33.2 Å². The fraction of sp³-hybridized carbons (Fsp3) is 0.263. The van der Waals surface area contributed by atoms with Crippen LogP contribution in [0.3, 0.4) is 0 Å². The van der Waals surface area contributed by atoms with E-state index in [1.807, 2.05) is 42.2 Å². The Kier molecular flexibility index (Phi) is 4.36. The molecule has 124 valence electrons. The highest BCUT2D eigenvalue weighted by Crippen LogP contribution is 2.32. The Morgan fingerprint density at radius 2 is 1.67 bits per heavy atom. The van der Waals surface area contributed by atoms with Gasteiger partial charge in [0.25, 0.3) is 5.91 Å². The van der Waals surface area contributed by atoms with Gasteiger partial charge in [0.05, 0.1) is 18.8 Å². The molecule has 1 aliphatic rings. The number of hydrogen-bond acceptors (Lipinski definition) is 3. The molecule has 0 unspecified atom stereocenters. The van der Waals surface area contributed by atoms with Gasteiger partial charge < -0.3 is 15.4 Å². The predicted octanol–water partition coefficient (Wildman–Crippen LogP) is 2.17. The molecule has 2 aromatic carbocycles. The van der Waals surface area contributed by atoms with Gasteiger partial charge in [0.15, 0.2) is 0 Å². The largest absolute Gasteiger partial charge is 0.377 e. The second-order valence-electron chi connectivity index (χ2n) is 6.09. The van der Waals surface area contributed by atoms with Crippen molar-refractivity contribution in [3.05, 3.63) is 71.3 Å². The lowest BCUT2D eigenvalue weighted by Crippen LogP contribution is -2.55. The standard InChI is InChI=1S/C19H20N2O3/c1-19(16-5-3-2-4-6-16)13-24-12-11-21(19)18(23)15-9-7-14(8-10-15)17(20)22/h2-10H,11-13H2,1H3,(H2,20,22)/t19-/m1/s1. The number of carbonyl (C=O) groups excluding carboxylic acids is 2. The second kappa shape index (κ2) is 6.45. The first kappa shape index (κ1) is 16.2. The van der Waals surface area contributed by atoms with E-state index >= 15 is 0 Å². The normalized spacial score (nSPS) is 20.6. The van der Waals surface area contributed by atoms with Gasteiger partial charge in [-0.2, -0.15) is 0 Å². The molecule has 2 aromatic rings. The lowest BCUT2D eigenvalue weighted by molar-refractivity contribution is -0.0480. The zero-order valence-corrected chi connectivity index (χ0v) is 13.6. The van der Waals surface area contributed by atoms with E-state index in [0.717, 1.165) is 5.56 Å². The molecule has 0 aromatic heterocycles. The maximum Gasteiger partial charge on any atom is 0.254 e. The fourth-order valence-electron chi connectivity index (χ4n) is 3.05. The summed E-state index contributed by atoms with van der Waals surface area (Å²) in [6.07, 6.45) is 0. The third-order valence-electron chi connectivity index (χ3n) is 4.50. The first-order valence-electron chi connectivity index (χ1n) is 7.87. The van der Waals surface area contributed by atoms with Gasteiger partial charge in [0.2, 0.25) is 5.91 Å². The molecule has 1 saturated heterocycles. The number of nitrogens with two attached hydrogens (primary N) is 1. The van der Waals surface area contributed by atoms with E-state index in [2.05, 4.69) is 0 Å². The van der Waals surface area contributed by atoms with E-state index in [1.54, 1.807) is 24.3 Å². The van der Waals surface area contributed by atoms with Crippen molar-refractivity contribution in [1.29, 1.82) is 0 Å². The average molecular weight is 324 g/mol. The lowest BCUT2D eigenvalue weighted by Gasteiger charge is -2.45. The Morgan fingerprint density at radius 3 is 2.29 bits per heavy atom. The smallest absolute Gasteiger partial charge is 0.254 e. The molecule has 0 spiro atoms. The van der Waals surface area contributed by atoms with Gasteiger partial charge in [0, 0.05) is 17.7 Å². The summed E-state index contributed by atoms with van der Waals surface area (Å²) in [4.78, 5) is 26.0. The van der Waals surface area contributed by atoms with Crippen LogP contribution in [0.2, 0.25) is 0 Å². The average Bonchev–Trinajstić information content (AvgIpc) is 2.62. The van der Waals surface area contributed by atoms with Crippen molar-refractivity contribution in [2.45, 2.75) is 12.5 Å². The van der Waals surface area contributed by atoms with Crippen molar-refractivity contribution in [2.24, 2.45) is 5.73 Å². The molecule has 1 atom stereocenters. The number of primary amides is 1. The topological polar surface area (TPSA) is 72.6 Å². The van der Waals surface area contributed by atoms with Crippen molar-refractivity contribution < 1.29 is 14.3 Å². The minimum atomic E-state index is -0.529. The monoisotopic (exact) mass is 324 g/mol. The summed E-state index contributed by atoms with van der Waals surface area (Å²) in [6.45, 7) is 3.48. The van der Waals surface area contributed by atoms with Crippen molar-refractivity contribution in [3.63, 3.8) is 0 Å². The fourth-order valence-corrected chi connectivity index (χ4v) is 3.05.